The molecule has 0 aliphatic carbocycles. The number of halogens is 1. The van der Waals surface area contributed by atoms with Gasteiger partial charge < -0.3 is 16.8 Å². The molecule has 0 bridgehead atoms. The lowest BCUT2D eigenvalue weighted by Gasteiger charge is -2.09. The van der Waals surface area contributed by atoms with Gasteiger partial charge in [-0.3, -0.25) is 0 Å². The second-order valence-corrected chi connectivity index (χ2v) is 4.61. The van der Waals surface area contributed by atoms with E-state index in [2.05, 4.69) is 27.9 Å². The van der Waals surface area contributed by atoms with Crippen LogP contribution in [0.5, 0.6) is 0 Å². The summed E-state index contributed by atoms with van der Waals surface area (Å²) in [7, 11) is 0. The summed E-state index contributed by atoms with van der Waals surface area (Å²) in [6.45, 7) is 0. The van der Waals surface area contributed by atoms with E-state index < -0.39 is 0 Å². The molecule has 16 heavy (non-hydrogen) atoms. The first-order chi connectivity index (χ1) is 7.66. The molecule has 0 unspecified atom stereocenters. The van der Waals surface area contributed by atoms with Gasteiger partial charge >= 0.3 is 0 Å². The molecule has 5 N–H and O–H groups in total. The van der Waals surface area contributed by atoms with Crippen molar-refractivity contribution in [3.63, 3.8) is 0 Å². The van der Waals surface area contributed by atoms with Gasteiger partial charge in [0.1, 0.15) is 0 Å². The van der Waals surface area contributed by atoms with Crippen LogP contribution in [0.15, 0.2) is 42.5 Å². The number of nitrogen functional groups attached to an aromatic ring is 2. The molecule has 0 saturated carbocycles. The van der Waals surface area contributed by atoms with Crippen LogP contribution in [0.1, 0.15) is 0 Å². The Hall–Kier alpha value is -1.43. The highest BCUT2D eigenvalue weighted by atomic mass is 127. The molecule has 0 saturated heterocycles. The van der Waals surface area contributed by atoms with E-state index in [1.165, 1.54) is 0 Å². The number of benzene rings is 2. The van der Waals surface area contributed by atoms with Crippen LogP contribution in [0.2, 0.25) is 0 Å². The van der Waals surface area contributed by atoms with Crippen molar-refractivity contribution >= 4 is 45.3 Å². The lowest BCUT2D eigenvalue weighted by molar-refractivity contribution is 1.52. The SMILES string of the molecule is Nc1ccc(Nc2ccccc2I)cc1N. The van der Waals surface area contributed by atoms with E-state index in [0.717, 1.165) is 14.9 Å². The van der Waals surface area contributed by atoms with E-state index in [9.17, 15) is 0 Å². The molecule has 82 valence electrons. The maximum atomic E-state index is 5.75. The standard InChI is InChI=1S/C12H12IN3/c13-9-3-1-2-4-12(9)16-8-5-6-10(14)11(15)7-8/h1-7,16H,14-15H2. The monoisotopic (exact) mass is 325 g/mol. The fraction of sp³-hybridized carbons (Fsp3) is 0. The van der Waals surface area contributed by atoms with Gasteiger partial charge in [-0.15, -0.1) is 0 Å². The molecule has 0 atom stereocenters. The van der Waals surface area contributed by atoms with Gasteiger partial charge in [-0.1, -0.05) is 12.1 Å². The first-order valence-corrected chi connectivity index (χ1v) is 5.91. The van der Waals surface area contributed by atoms with Crippen LogP contribution in [0.3, 0.4) is 0 Å². The van der Waals surface area contributed by atoms with Gasteiger partial charge in [0, 0.05) is 9.26 Å². The Morgan fingerprint density at radius 3 is 2.38 bits per heavy atom. The third kappa shape index (κ3) is 2.38. The lowest BCUT2D eigenvalue weighted by atomic mass is 10.2. The quantitative estimate of drug-likeness (QED) is 0.587. The number of nitrogens with one attached hydrogen (secondary N) is 1. The molecular weight excluding hydrogens is 313 g/mol. The van der Waals surface area contributed by atoms with E-state index >= 15 is 0 Å². The number of hydrogen-bond acceptors (Lipinski definition) is 3. The number of anilines is 4. The van der Waals surface area contributed by atoms with Crippen LogP contribution in [0.4, 0.5) is 22.7 Å². The van der Waals surface area contributed by atoms with Gasteiger partial charge in [0.2, 0.25) is 0 Å². The minimum atomic E-state index is 0.593. The van der Waals surface area contributed by atoms with Crippen LogP contribution < -0.4 is 16.8 Å². The van der Waals surface area contributed by atoms with Crippen LogP contribution in [-0.4, -0.2) is 0 Å². The fourth-order valence-electron chi connectivity index (χ4n) is 1.37. The van der Waals surface area contributed by atoms with Crippen molar-refractivity contribution in [2.45, 2.75) is 0 Å². The number of nitrogens with two attached hydrogens (primary N) is 2. The average molecular weight is 325 g/mol. The molecule has 2 rings (SSSR count). The molecule has 0 amide bonds. The Balaban J connectivity index is 2.28. The topological polar surface area (TPSA) is 64.1 Å². The summed E-state index contributed by atoms with van der Waals surface area (Å²) in [5.74, 6) is 0. The van der Waals surface area contributed by atoms with Crippen molar-refractivity contribution in [2.24, 2.45) is 0 Å². The Bertz CT molecular complexity index is 511. The summed E-state index contributed by atoms with van der Waals surface area (Å²) in [5.41, 5.74) is 14.6. The Labute approximate surface area is 108 Å². The van der Waals surface area contributed by atoms with E-state index in [0.29, 0.717) is 11.4 Å². The first kappa shape index (κ1) is 11.1. The Kier molecular flexibility index (Phi) is 3.19. The van der Waals surface area contributed by atoms with Crippen LogP contribution in [0.25, 0.3) is 0 Å². The van der Waals surface area contributed by atoms with Gasteiger partial charge in [0.25, 0.3) is 0 Å². The summed E-state index contributed by atoms with van der Waals surface area (Å²) in [4.78, 5) is 0. The maximum Gasteiger partial charge on any atom is 0.0568 e. The van der Waals surface area contributed by atoms with Crippen molar-refractivity contribution in [1.82, 2.24) is 0 Å². The highest BCUT2D eigenvalue weighted by molar-refractivity contribution is 14.1. The predicted molar refractivity (Wildman–Crippen MR) is 77.7 cm³/mol. The summed E-state index contributed by atoms with van der Waals surface area (Å²) in [6, 6.07) is 13.6. The lowest BCUT2D eigenvalue weighted by Crippen LogP contribution is -1.97. The molecule has 0 fully saturated rings. The van der Waals surface area contributed by atoms with Crippen molar-refractivity contribution in [3.05, 3.63) is 46.0 Å². The van der Waals surface area contributed by atoms with Crippen LogP contribution >= 0.6 is 22.6 Å². The van der Waals surface area contributed by atoms with Crippen molar-refractivity contribution in [1.29, 1.82) is 0 Å². The van der Waals surface area contributed by atoms with E-state index in [4.69, 9.17) is 11.5 Å². The first-order valence-electron chi connectivity index (χ1n) is 4.83. The molecule has 2 aromatic rings. The molecule has 0 aliphatic rings. The Morgan fingerprint density at radius 1 is 0.938 bits per heavy atom. The zero-order valence-electron chi connectivity index (χ0n) is 8.57. The fourth-order valence-corrected chi connectivity index (χ4v) is 1.89. The summed E-state index contributed by atoms with van der Waals surface area (Å²) < 4.78 is 1.16. The van der Waals surface area contributed by atoms with Crippen LogP contribution in [0, 0.1) is 3.57 Å². The second kappa shape index (κ2) is 4.61. The zero-order valence-corrected chi connectivity index (χ0v) is 10.7. The second-order valence-electron chi connectivity index (χ2n) is 3.45. The molecule has 0 radical (unpaired) electrons. The van der Waals surface area contributed by atoms with Crippen LogP contribution in [-0.2, 0) is 0 Å². The number of hydrogen-bond donors (Lipinski definition) is 3. The van der Waals surface area contributed by atoms with Crippen molar-refractivity contribution < 1.29 is 0 Å². The van der Waals surface area contributed by atoms with E-state index in [-0.39, 0.29) is 0 Å². The van der Waals surface area contributed by atoms with Gasteiger partial charge in [0.05, 0.1) is 17.1 Å². The normalized spacial score (nSPS) is 10.1. The minimum Gasteiger partial charge on any atom is -0.397 e. The highest BCUT2D eigenvalue weighted by Gasteiger charge is 2.00. The molecule has 0 heterocycles. The number of rotatable bonds is 2. The van der Waals surface area contributed by atoms with Gasteiger partial charge in [-0.05, 0) is 52.9 Å². The predicted octanol–water partition coefficient (Wildman–Crippen LogP) is 3.20. The number of para-hydroxylation sites is 1. The maximum absolute atomic E-state index is 5.75. The van der Waals surface area contributed by atoms with E-state index in [1.54, 1.807) is 6.07 Å². The molecule has 2 aromatic carbocycles. The molecule has 3 nitrogen and oxygen atoms in total. The summed E-state index contributed by atoms with van der Waals surface area (Å²) in [5, 5.41) is 3.30. The molecule has 0 aliphatic heterocycles. The average Bonchev–Trinajstić information content (AvgIpc) is 2.27. The molecule has 0 spiro atoms. The van der Waals surface area contributed by atoms with Gasteiger partial charge in [-0.25, -0.2) is 0 Å². The zero-order chi connectivity index (χ0) is 11.5. The molecule has 0 aromatic heterocycles. The minimum absolute atomic E-state index is 0.593. The molecular formula is C12H12IN3. The molecule has 4 heteroatoms. The summed E-state index contributed by atoms with van der Waals surface area (Å²) >= 11 is 2.28. The highest BCUT2D eigenvalue weighted by Crippen LogP contribution is 2.25. The van der Waals surface area contributed by atoms with Gasteiger partial charge in [0.15, 0.2) is 0 Å². The summed E-state index contributed by atoms with van der Waals surface area (Å²) in [6.07, 6.45) is 0. The largest absolute Gasteiger partial charge is 0.397 e. The smallest absolute Gasteiger partial charge is 0.0568 e. The third-order valence-corrected chi connectivity index (χ3v) is 3.18. The third-order valence-electron chi connectivity index (χ3n) is 2.24. The van der Waals surface area contributed by atoms with Crippen molar-refractivity contribution in [3.8, 4) is 0 Å². The van der Waals surface area contributed by atoms with Crippen molar-refractivity contribution in [2.75, 3.05) is 16.8 Å². The van der Waals surface area contributed by atoms with E-state index in [1.807, 2.05) is 36.4 Å². The Morgan fingerprint density at radius 2 is 1.69 bits per heavy atom. The van der Waals surface area contributed by atoms with Gasteiger partial charge in [-0.2, -0.15) is 0 Å².